The van der Waals surface area contributed by atoms with Crippen molar-refractivity contribution in [1.29, 1.82) is 0 Å². The Balaban J connectivity index is 1.64. The number of benzene rings is 2. The number of ether oxygens (including phenoxy) is 2. The van der Waals surface area contributed by atoms with Crippen LogP contribution in [0.1, 0.15) is 0 Å². The first kappa shape index (κ1) is 17.5. The Bertz CT molecular complexity index is 901. The Morgan fingerprint density at radius 3 is 2.60 bits per heavy atom. The molecule has 2 aromatic rings. The van der Waals surface area contributed by atoms with Gasteiger partial charge in [0.25, 0.3) is 0 Å². The van der Waals surface area contributed by atoms with E-state index in [1.54, 1.807) is 24.3 Å². The summed E-state index contributed by atoms with van der Waals surface area (Å²) in [4.78, 5) is 11.9. The van der Waals surface area contributed by atoms with E-state index >= 15 is 0 Å². The van der Waals surface area contributed by atoms with Crippen molar-refractivity contribution >= 4 is 33.2 Å². The summed E-state index contributed by atoms with van der Waals surface area (Å²) < 4.78 is 37.6. The van der Waals surface area contributed by atoms with E-state index in [-0.39, 0.29) is 4.90 Å². The molecule has 0 bridgehead atoms. The van der Waals surface area contributed by atoms with Gasteiger partial charge in [0.15, 0.2) is 11.5 Å². The number of fused-ring (bicyclic) bond motifs is 1. The first-order valence-electron chi connectivity index (χ1n) is 7.39. The van der Waals surface area contributed by atoms with Crippen molar-refractivity contribution in [2.24, 2.45) is 0 Å². The molecular weight excluding hydrogens is 368 g/mol. The van der Waals surface area contributed by atoms with Crippen molar-refractivity contribution in [3.8, 4) is 11.5 Å². The predicted octanol–water partition coefficient (Wildman–Crippen LogP) is 2.03. The third kappa shape index (κ3) is 4.41. The fraction of sp³-hybridized carbons (Fsp3) is 0.188. The van der Waals surface area contributed by atoms with E-state index in [9.17, 15) is 13.2 Å². The van der Waals surface area contributed by atoms with Gasteiger partial charge in [-0.2, -0.15) is 0 Å². The number of rotatable bonds is 5. The maximum Gasteiger partial charge on any atom is 0.241 e. The molecule has 0 saturated carbocycles. The molecule has 25 heavy (non-hydrogen) atoms. The number of carbonyl (C=O) groups is 1. The summed E-state index contributed by atoms with van der Waals surface area (Å²) in [5, 5.41) is 3.03. The fourth-order valence-electron chi connectivity index (χ4n) is 2.21. The highest BCUT2D eigenvalue weighted by atomic mass is 35.5. The molecule has 7 nitrogen and oxygen atoms in total. The maximum atomic E-state index is 12.3. The highest BCUT2D eigenvalue weighted by molar-refractivity contribution is 7.89. The lowest BCUT2D eigenvalue weighted by Crippen LogP contribution is -2.33. The van der Waals surface area contributed by atoms with E-state index in [0.29, 0.717) is 35.4 Å². The van der Waals surface area contributed by atoms with Gasteiger partial charge in [0.05, 0.1) is 11.4 Å². The number of hydrogen-bond acceptors (Lipinski definition) is 5. The highest BCUT2D eigenvalue weighted by Gasteiger charge is 2.20. The zero-order chi connectivity index (χ0) is 17.9. The monoisotopic (exact) mass is 382 g/mol. The molecule has 0 atom stereocenters. The molecule has 0 saturated heterocycles. The number of hydrogen-bond donors (Lipinski definition) is 2. The SMILES string of the molecule is O=C(CNS(=O)(=O)c1ccc2c(c1)OCCO2)Nc1cccc(Cl)c1. The average Bonchev–Trinajstić information content (AvgIpc) is 2.60. The van der Waals surface area contributed by atoms with Gasteiger partial charge in [-0.1, -0.05) is 17.7 Å². The van der Waals surface area contributed by atoms with Crippen molar-refractivity contribution in [3.05, 3.63) is 47.5 Å². The molecule has 9 heteroatoms. The number of carbonyl (C=O) groups excluding carboxylic acids is 1. The number of anilines is 1. The third-order valence-corrected chi connectivity index (χ3v) is 4.99. The van der Waals surface area contributed by atoms with Crippen LogP contribution < -0.4 is 19.5 Å². The quantitative estimate of drug-likeness (QED) is 0.825. The Hall–Kier alpha value is -2.29. The minimum atomic E-state index is -3.86. The van der Waals surface area contributed by atoms with Gasteiger partial charge >= 0.3 is 0 Å². The van der Waals surface area contributed by atoms with Crippen LogP contribution in [0.15, 0.2) is 47.4 Å². The topological polar surface area (TPSA) is 93.7 Å². The van der Waals surface area contributed by atoms with E-state index in [2.05, 4.69) is 10.0 Å². The van der Waals surface area contributed by atoms with Crippen LogP contribution in [-0.2, 0) is 14.8 Å². The maximum absolute atomic E-state index is 12.3. The number of amides is 1. The Kier molecular flexibility index (Phi) is 5.12. The molecule has 132 valence electrons. The fourth-order valence-corrected chi connectivity index (χ4v) is 3.39. The lowest BCUT2D eigenvalue weighted by atomic mass is 10.3. The van der Waals surface area contributed by atoms with Crippen LogP contribution in [0.3, 0.4) is 0 Å². The molecule has 0 spiro atoms. The molecule has 0 radical (unpaired) electrons. The van der Waals surface area contributed by atoms with E-state index in [0.717, 1.165) is 0 Å². The van der Waals surface area contributed by atoms with Crippen molar-refractivity contribution in [2.75, 3.05) is 25.1 Å². The first-order valence-corrected chi connectivity index (χ1v) is 9.25. The number of nitrogens with one attached hydrogen (secondary N) is 2. The van der Waals surface area contributed by atoms with E-state index in [4.69, 9.17) is 21.1 Å². The average molecular weight is 383 g/mol. The zero-order valence-corrected chi connectivity index (χ0v) is 14.6. The van der Waals surface area contributed by atoms with Crippen LogP contribution in [-0.4, -0.2) is 34.1 Å². The molecular formula is C16H15ClN2O5S. The van der Waals surface area contributed by atoms with Crippen LogP contribution in [0, 0.1) is 0 Å². The van der Waals surface area contributed by atoms with Gasteiger partial charge in [-0.05, 0) is 30.3 Å². The van der Waals surface area contributed by atoms with Gasteiger partial charge < -0.3 is 14.8 Å². The molecule has 1 heterocycles. The summed E-state index contributed by atoms with van der Waals surface area (Å²) >= 11 is 5.83. The lowest BCUT2D eigenvalue weighted by molar-refractivity contribution is -0.115. The van der Waals surface area contributed by atoms with E-state index in [1.807, 2.05) is 0 Å². The van der Waals surface area contributed by atoms with Gasteiger partial charge in [0.1, 0.15) is 13.2 Å². The van der Waals surface area contributed by atoms with E-state index < -0.39 is 22.5 Å². The van der Waals surface area contributed by atoms with Crippen molar-refractivity contribution in [2.45, 2.75) is 4.90 Å². The molecule has 1 amide bonds. The van der Waals surface area contributed by atoms with Crippen LogP contribution in [0.2, 0.25) is 5.02 Å². The standard InChI is InChI=1S/C16H15ClN2O5S/c17-11-2-1-3-12(8-11)19-16(20)10-18-25(21,22)13-4-5-14-15(9-13)24-7-6-23-14/h1-5,8-9,18H,6-7,10H2,(H,19,20). The van der Waals surface area contributed by atoms with Crippen LogP contribution >= 0.6 is 11.6 Å². The Labute approximate surface area is 149 Å². The second kappa shape index (κ2) is 7.30. The zero-order valence-electron chi connectivity index (χ0n) is 13.0. The molecule has 1 aliphatic rings. The van der Waals surface area contributed by atoms with Gasteiger partial charge in [-0.25, -0.2) is 13.1 Å². The summed E-state index contributed by atoms with van der Waals surface area (Å²) in [6.45, 7) is 0.357. The van der Waals surface area contributed by atoms with Gasteiger partial charge in [0.2, 0.25) is 15.9 Å². The number of halogens is 1. The third-order valence-electron chi connectivity index (χ3n) is 3.36. The summed E-state index contributed by atoms with van der Waals surface area (Å²) in [6, 6.07) is 10.8. The first-order chi connectivity index (χ1) is 11.9. The van der Waals surface area contributed by atoms with Crippen LogP contribution in [0.25, 0.3) is 0 Å². The van der Waals surface area contributed by atoms with Crippen molar-refractivity contribution in [3.63, 3.8) is 0 Å². The molecule has 0 aliphatic carbocycles. The smallest absolute Gasteiger partial charge is 0.241 e. The molecule has 2 aromatic carbocycles. The normalized spacial score (nSPS) is 13.3. The molecule has 0 aromatic heterocycles. The minimum absolute atomic E-state index is 0.00712. The largest absolute Gasteiger partial charge is 0.486 e. The Morgan fingerprint density at radius 2 is 1.84 bits per heavy atom. The molecule has 0 fully saturated rings. The highest BCUT2D eigenvalue weighted by Crippen LogP contribution is 2.32. The van der Waals surface area contributed by atoms with Gasteiger partial charge in [-0.3, -0.25) is 4.79 Å². The summed E-state index contributed by atoms with van der Waals surface area (Å²) in [7, 11) is -3.86. The predicted molar refractivity (Wildman–Crippen MR) is 92.7 cm³/mol. The van der Waals surface area contributed by atoms with Crippen LogP contribution in [0.4, 0.5) is 5.69 Å². The van der Waals surface area contributed by atoms with Crippen molar-refractivity contribution in [1.82, 2.24) is 4.72 Å². The lowest BCUT2D eigenvalue weighted by Gasteiger charge is -2.18. The van der Waals surface area contributed by atoms with E-state index in [1.165, 1.54) is 18.2 Å². The summed E-state index contributed by atoms with van der Waals surface area (Å²) in [5.41, 5.74) is 0.482. The molecule has 1 aliphatic heterocycles. The summed E-state index contributed by atoms with van der Waals surface area (Å²) in [6.07, 6.45) is 0. The minimum Gasteiger partial charge on any atom is -0.486 e. The second-order valence-corrected chi connectivity index (χ2v) is 7.39. The molecule has 2 N–H and O–H groups in total. The second-order valence-electron chi connectivity index (χ2n) is 5.19. The van der Waals surface area contributed by atoms with Crippen molar-refractivity contribution < 1.29 is 22.7 Å². The Morgan fingerprint density at radius 1 is 1.08 bits per heavy atom. The molecule has 0 unspecified atom stereocenters. The molecule has 3 rings (SSSR count). The van der Waals surface area contributed by atoms with Gasteiger partial charge in [-0.15, -0.1) is 0 Å². The van der Waals surface area contributed by atoms with Gasteiger partial charge in [0, 0.05) is 16.8 Å². The summed E-state index contributed by atoms with van der Waals surface area (Å²) in [5.74, 6) is 0.338. The number of sulfonamides is 1. The van der Waals surface area contributed by atoms with Crippen LogP contribution in [0.5, 0.6) is 11.5 Å².